The number of hydrogen-bond acceptors (Lipinski definition) is 3. The smallest absolute Gasteiger partial charge is 0.228 e. The van der Waals surface area contributed by atoms with Crippen LogP contribution < -0.4 is 10.6 Å². The lowest BCUT2D eigenvalue weighted by Crippen LogP contribution is -2.37. The lowest BCUT2D eigenvalue weighted by atomic mass is 9.99. The van der Waals surface area contributed by atoms with E-state index < -0.39 is 0 Å². The number of nitrogens with one attached hydrogen (secondary N) is 2. The average Bonchev–Trinajstić information content (AvgIpc) is 2.33. The summed E-state index contributed by atoms with van der Waals surface area (Å²) >= 11 is 0. The maximum absolute atomic E-state index is 11.9. The fraction of sp³-hybridized carbons (Fsp3) is 0.500. The van der Waals surface area contributed by atoms with Gasteiger partial charge in [0.1, 0.15) is 0 Å². The number of pyridine rings is 1. The third kappa shape index (κ3) is 4.44. The monoisotopic (exact) mass is 291 g/mol. The molecule has 2 N–H and O–H groups in total. The molecular weight excluding hydrogens is 273 g/mol. The van der Waals surface area contributed by atoms with Crippen molar-refractivity contribution in [3.8, 4) is 0 Å². The van der Waals surface area contributed by atoms with Gasteiger partial charge in [0.2, 0.25) is 5.91 Å². The normalized spacial score (nSPS) is 18.2. The predicted octanol–water partition coefficient (Wildman–Crippen LogP) is 2.17. The summed E-state index contributed by atoms with van der Waals surface area (Å²) in [5.74, 6) is 0.191. The van der Waals surface area contributed by atoms with E-state index in [-0.39, 0.29) is 36.6 Å². The van der Waals surface area contributed by atoms with E-state index in [0.29, 0.717) is 0 Å². The van der Waals surface area contributed by atoms with Crippen LogP contribution in [0.5, 0.6) is 0 Å². The van der Waals surface area contributed by atoms with Gasteiger partial charge in [0.15, 0.2) is 0 Å². The maximum atomic E-state index is 11.9. The van der Waals surface area contributed by atoms with Gasteiger partial charge in [0.25, 0.3) is 0 Å². The van der Waals surface area contributed by atoms with Crippen LogP contribution in [0.2, 0.25) is 0 Å². The Kier molecular flexibility index (Phi) is 7.91. The van der Waals surface area contributed by atoms with E-state index in [1.807, 2.05) is 13.0 Å². The summed E-state index contributed by atoms with van der Waals surface area (Å²) in [5.41, 5.74) is 1.87. The molecule has 102 valence electrons. The summed E-state index contributed by atoms with van der Waals surface area (Å²) in [7, 11) is 0. The largest absolute Gasteiger partial charge is 0.324 e. The molecule has 2 heterocycles. The second kappa shape index (κ2) is 8.29. The van der Waals surface area contributed by atoms with E-state index in [1.165, 1.54) is 0 Å². The highest BCUT2D eigenvalue weighted by molar-refractivity contribution is 5.93. The number of rotatable bonds is 2. The molecule has 0 aromatic carbocycles. The molecule has 0 aliphatic carbocycles. The van der Waals surface area contributed by atoms with Crippen LogP contribution in [-0.4, -0.2) is 24.0 Å². The zero-order valence-corrected chi connectivity index (χ0v) is 11.9. The van der Waals surface area contributed by atoms with Gasteiger partial charge >= 0.3 is 0 Å². The highest BCUT2D eigenvalue weighted by atomic mass is 35.5. The van der Waals surface area contributed by atoms with Gasteiger partial charge in [0.05, 0.1) is 17.8 Å². The number of hydrogen-bond donors (Lipinski definition) is 2. The van der Waals surface area contributed by atoms with Crippen LogP contribution in [0.4, 0.5) is 5.69 Å². The Bertz CT molecular complexity index is 381. The summed E-state index contributed by atoms with van der Waals surface area (Å²) < 4.78 is 0. The van der Waals surface area contributed by atoms with Crippen molar-refractivity contribution in [2.24, 2.45) is 5.92 Å². The van der Waals surface area contributed by atoms with Crippen molar-refractivity contribution < 1.29 is 4.79 Å². The molecule has 1 fully saturated rings. The summed E-state index contributed by atoms with van der Waals surface area (Å²) in [6.07, 6.45) is 5.47. The first-order chi connectivity index (χ1) is 7.77. The van der Waals surface area contributed by atoms with Crippen LogP contribution >= 0.6 is 24.8 Å². The molecule has 18 heavy (non-hydrogen) atoms. The van der Waals surface area contributed by atoms with Crippen molar-refractivity contribution in [1.82, 2.24) is 10.3 Å². The summed E-state index contributed by atoms with van der Waals surface area (Å²) in [4.78, 5) is 16.0. The zero-order chi connectivity index (χ0) is 11.4. The van der Waals surface area contributed by atoms with E-state index in [2.05, 4.69) is 15.6 Å². The van der Waals surface area contributed by atoms with Crippen molar-refractivity contribution >= 4 is 36.4 Å². The van der Waals surface area contributed by atoms with Crippen LogP contribution in [-0.2, 0) is 4.79 Å². The first-order valence-electron chi connectivity index (χ1n) is 5.69. The Balaban J connectivity index is 0.00000144. The number of piperidine rings is 1. The molecule has 1 atom stereocenters. The molecule has 4 nitrogen and oxygen atoms in total. The molecule has 1 amide bonds. The first-order valence-corrected chi connectivity index (χ1v) is 5.69. The molecule has 1 aromatic rings. The Hall–Kier alpha value is -0.840. The van der Waals surface area contributed by atoms with Gasteiger partial charge in [-0.1, -0.05) is 0 Å². The average molecular weight is 292 g/mol. The molecular formula is C12H19Cl2N3O. The van der Waals surface area contributed by atoms with Gasteiger partial charge in [0, 0.05) is 12.7 Å². The summed E-state index contributed by atoms with van der Waals surface area (Å²) in [6, 6.07) is 1.90. The molecule has 6 heteroatoms. The molecule has 1 saturated heterocycles. The first kappa shape index (κ1) is 17.2. The van der Waals surface area contributed by atoms with E-state index in [4.69, 9.17) is 0 Å². The molecule has 2 rings (SSSR count). The van der Waals surface area contributed by atoms with Crippen molar-refractivity contribution in [2.45, 2.75) is 19.8 Å². The lowest BCUT2D eigenvalue weighted by molar-refractivity contribution is -0.120. The van der Waals surface area contributed by atoms with Crippen LogP contribution in [0.1, 0.15) is 18.4 Å². The third-order valence-electron chi connectivity index (χ3n) is 2.96. The fourth-order valence-electron chi connectivity index (χ4n) is 1.91. The molecule has 1 aliphatic rings. The van der Waals surface area contributed by atoms with Crippen molar-refractivity contribution in [3.63, 3.8) is 0 Å². The number of anilines is 1. The number of halogens is 2. The van der Waals surface area contributed by atoms with Crippen LogP contribution in [0, 0.1) is 12.8 Å². The Morgan fingerprint density at radius 3 is 2.89 bits per heavy atom. The van der Waals surface area contributed by atoms with Gasteiger partial charge in [-0.3, -0.25) is 9.78 Å². The molecule has 0 unspecified atom stereocenters. The van der Waals surface area contributed by atoms with Crippen molar-refractivity contribution in [3.05, 3.63) is 24.0 Å². The van der Waals surface area contributed by atoms with E-state index >= 15 is 0 Å². The minimum Gasteiger partial charge on any atom is -0.324 e. The van der Waals surface area contributed by atoms with Crippen LogP contribution in [0.3, 0.4) is 0 Å². The SMILES string of the molecule is Cc1ccncc1NC(=O)[C@@H]1CCCNC1.Cl.Cl. The number of amides is 1. The van der Waals surface area contributed by atoms with Crippen LogP contribution in [0.25, 0.3) is 0 Å². The van der Waals surface area contributed by atoms with Gasteiger partial charge < -0.3 is 10.6 Å². The highest BCUT2D eigenvalue weighted by Gasteiger charge is 2.21. The van der Waals surface area contributed by atoms with E-state index in [1.54, 1.807) is 12.4 Å². The standard InChI is InChI=1S/C12H17N3O.2ClH/c1-9-4-6-14-8-11(9)15-12(16)10-3-2-5-13-7-10;;/h4,6,8,10,13H,2-3,5,7H2,1H3,(H,15,16);2*1H/t10-;;/m1../s1. The number of nitrogens with zero attached hydrogens (tertiary/aromatic N) is 1. The summed E-state index contributed by atoms with van der Waals surface area (Å²) in [6.45, 7) is 3.78. The Morgan fingerprint density at radius 1 is 1.50 bits per heavy atom. The Labute approximate surface area is 120 Å². The van der Waals surface area contributed by atoms with Crippen molar-refractivity contribution in [2.75, 3.05) is 18.4 Å². The van der Waals surface area contributed by atoms with E-state index in [9.17, 15) is 4.79 Å². The molecule has 1 aliphatic heterocycles. The third-order valence-corrected chi connectivity index (χ3v) is 2.96. The zero-order valence-electron chi connectivity index (χ0n) is 10.3. The number of carbonyl (C=O) groups excluding carboxylic acids is 1. The minimum absolute atomic E-state index is 0. The van der Waals surface area contributed by atoms with Crippen LogP contribution in [0.15, 0.2) is 18.5 Å². The number of aryl methyl sites for hydroxylation is 1. The maximum Gasteiger partial charge on any atom is 0.228 e. The molecule has 1 aromatic heterocycles. The van der Waals surface area contributed by atoms with Gasteiger partial charge in [-0.2, -0.15) is 0 Å². The van der Waals surface area contributed by atoms with Crippen molar-refractivity contribution in [1.29, 1.82) is 0 Å². The predicted molar refractivity (Wildman–Crippen MR) is 77.7 cm³/mol. The lowest BCUT2D eigenvalue weighted by Gasteiger charge is -2.22. The van der Waals surface area contributed by atoms with Gasteiger partial charge in [-0.15, -0.1) is 24.8 Å². The summed E-state index contributed by atoms with van der Waals surface area (Å²) in [5, 5.41) is 6.18. The topological polar surface area (TPSA) is 54.0 Å². The van der Waals surface area contributed by atoms with Gasteiger partial charge in [-0.25, -0.2) is 0 Å². The number of carbonyl (C=O) groups is 1. The Morgan fingerprint density at radius 2 is 2.28 bits per heavy atom. The minimum atomic E-state index is 0. The second-order valence-corrected chi connectivity index (χ2v) is 4.22. The molecule has 0 bridgehead atoms. The second-order valence-electron chi connectivity index (χ2n) is 4.22. The molecule has 0 saturated carbocycles. The van der Waals surface area contributed by atoms with E-state index in [0.717, 1.165) is 37.2 Å². The highest BCUT2D eigenvalue weighted by Crippen LogP contribution is 2.16. The van der Waals surface area contributed by atoms with Gasteiger partial charge in [-0.05, 0) is 37.9 Å². The molecule has 0 spiro atoms. The quantitative estimate of drug-likeness (QED) is 0.878. The number of aromatic nitrogens is 1. The fourth-order valence-corrected chi connectivity index (χ4v) is 1.91. The molecule has 0 radical (unpaired) electrons.